The van der Waals surface area contributed by atoms with Crippen molar-refractivity contribution in [3.8, 4) is 0 Å². The van der Waals surface area contributed by atoms with Gasteiger partial charge in [0.25, 0.3) is 0 Å². The minimum absolute atomic E-state index is 0.168. The van der Waals surface area contributed by atoms with Crippen LogP contribution in [0.15, 0.2) is 68.8 Å². The summed E-state index contributed by atoms with van der Waals surface area (Å²) in [7, 11) is 0. The van der Waals surface area contributed by atoms with Gasteiger partial charge in [-0.25, -0.2) is 5.43 Å². The van der Waals surface area contributed by atoms with Gasteiger partial charge in [-0.1, -0.05) is 42.5 Å². The van der Waals surface area contributed by atoms with E-state index < -0.39 is 0 Å². The molecule has 0 radical (unpaired) electrons. The molecule has 5 heteroatoms. The van der Waals surface area contributed by atoms with E-state index in [2.05, 4.69) is 26.5 Å². The first-order chi connectivity index (χ1) is 10.7. The van der Waals surface area contributed by atoms with Crippen LogP contribution in [-0.4, -0.2) is 12.1 Å². The number of nitrogens with one attached hydrogen (secondary N) is 1. The predicted octanol–water partition coefficient (Wildman–Crippen LogP) is 3.89. The molecular formula is C17H13BrN2O2. The highest BCUT2D eigenvalue weighted by atomic mass is 79.9. The summed E-state index contributed by atoms with van der Waals surface area (Å²) in [6, 6.07) is 17.5. The predicted molar refractivity (Wildman–Crippen MR) is 89.8 cm³/mol. The average molecular weight is 357 g/mol. The van der Waals surface area contributed by atoms with Gasteiger partial charge in [0, 0.05) is 0 Å². The van der Waals surface area contributed by atoms with Crippen molar-refractivity contribution in [3.63, 3.8) is 0 Å². The van der Waals surface area contributed by atoms with E-state index in [0.29, 0.717) is 10.4 Å². The smallest absolute Gasteiger partial charge is 0.244 e. The molecule has 4 nitrogen and oxygen atoms in total. The van der Waals surface area contributed by atoms with Gasteiger partial charge in [-0.15, -0.1) is 0 Å². The van der Waals surface area contributed by atoms with Gasteiger partial charge in [-0.3, -0.25) is 4.79 Å². The molecule has 0 atom stereocenters. The number of fused-ring (bicyclic) bond motifs is 1. The number of hydrogen-bond donors (Lipinski definition) is 1. The lowest BCUT2D eigenvalue weighted by Gasteiger charge is -2.05. The first kappa shape index (κ1) is 14.5. The molecule has 3 rings (SSSR count). The van der Waals surface area contributed by atoms with E-state index in [1.165, 1.54) is 6.21 Å². The third-order valence-electron chi connectivity index (χ3n) is 3.21. The van der Waals surface area contributed by atoms with Crippen molar-refractivity contribution in [3.05, 3.63) is 70.6 Å². The quantitative estimate of drug-likeness (QED) is 0.569. The zero-order valence-corrected chi connectivity index (χ0v) is 13.2. The summed E-state index contributed by atoms with van der Waals surface area (Å²) in [5, 5.41) is 6.10. The summed E-state index contributed by atoms with van der Waals surface area (Å²) >= 11 is 3.20. The summed E-state index contributed by atoms with van der Waals surface area (Å²) in [5.74, 6) is 0.399. The topological polar surface area (TPSA) is 54.6 Å². The Kier molecular flexibility index (Phi) is 4.34. The van der Waals surface area contributed by atoms with Gasteiger partial charge >= 0.3 is 0 Å². The number of hydrazone groups is 1. The molecule has 1 N–H and O–H groups in total. The third kappa shape index (κ3) is 3.43. The van der Waals surface area contributed by atoms with Crippen LogP contribution in [0.3, 0.4) is 0 Å². The Labute approximate surface area is 136 Å². The number of benzene rings is 2. The minimum atomic E-state index is -0.168. The molecule has 0 bridgehead atoms. The van der Waals surface area contributed by atoms with Gasteiger partial charge < -0.3 is 4.42 Å². The zero-order chi connectivity index (χ0) is 15.4. The van der Waals surface area contributed by atoms with E-state index in [1.807, 2.05) is 42.5 Å². The fourth-order valence-corrected chi connectivity index (χ4v) is 2.54. The zero-order valence-electron chi connectivity index (χ0n) is 11.6. The highest BCUT2D eigenvalue weighted by molar-refractivity contribution is 9.10. The van der Waals surface area contributed by atoms with Crippen molar-refractivity contribution in [1.82, 2.24) is 5.43 Å². The molecular weight excluding hydrogens is 344 g/mol. The van der Waals surface area contributed by atoms with Crippen LogP contribution in [0.5, 0.6) is 0 Å². The van der Waals surface area contributed by atoms with Crippen LogP contribution in [0.1, 0.15) is 11.3 Å². The first-order valence-corrected chi connectivity index (χ1v) is 7.55. The van der Waals surface area contributed by atoms with Crippen molar-refractivity contribution >= 4 is 38.8 Å². The highest BCUT2D eigenvalue weighted by Gasteiger charge is 2.06. The van der Waals surface area contributed by atoms with Crippen LogP contribution >= 0.6 is 15.9 Å². The summed E-state index contributed by atoms with van der Waals surface area (Å²) in [4.78, 5) is 12.0. The van der Waals surface area contributed by atoms with Crippen molar-refractivity contribution in [2.75, 3.05) is 0 Å². The van der Waals surface area contributed by atoms with Crippen molar-refractivity contribution < 1.29 is 9.21 Å². The van der Waals surface area contributed by atoms with Crippen LogP contribution in [0.4, 0.5) is 0 Å². The number of hydrogen-bond acceptors (Lipinski definition) is 3. The normalized spacial score (nSPS) is 11.1. The molecule has 0 saturated heterocycles. The first-order valence-electron chi connectivity index (χ1n) is 6.76. The summed E-state index contributed by atoms with van der Waals surface area (Å²) in [5.41, 5.74) is 3.49. The largest absolute Gasteiger partial charge is 0.448 e. The SMILES string of the molecule is O=C(Cc1cccc2ccccc12)N/N=C/c1ccc(Br)o1. The Morgan fingerprint density at radius 3 is 2.77 bits per heavy atom. The van der Waals surface area contributed by atoms with E-state index >= 15 is 0 Å². The molecule has 1 heterocycles. The molecule has 3 aromatic rings. The van der Waals surface area contributed by atoms with Gasteiger partial charge in [0.05, 0.1) is 12.6 Å². The van der Waals surface area contributed by atoms with Gasteiger partial charge in [-0.2, -0.15) is 5.10 Å². The van der Waals surface area contributed by atoms with Gasteiger partial charge in [0.15, 0.2) is 4.67 Å². The van der Waals surface area contributed by atoms with Crippen LogP contribution < -0.4 is 5.43 Å². The number of carbonyl (C=O) groups is 1. The fourth-order valence-electron chi connectivity index (χ4n) is 2.22. The maximum atomic E-state index is 12.0. The van der Waals surface area contributed by atoms with E-state index in [1.54, 1.807) is 12.1 Å². The standard InChI is InChI=1S/C17H13BrN2O2/c18-16-9-8-14(22-16)11-19-20-17(21)10-13-6-3-5-12-4-1-2-7-15(12)13/h1-9,11H,10H2,(H,20,21)/b19-11+. The molecule has 1 amide bonds. The van der Waals surface area contributed by atoms with Crippen LogP contribution in [0.2, 0.25) is 0 Å². The Morgan fingerprint density at radius 1 is 1.14 bits per heavy atom. The van der Waals surface area contributed by atoms with Crippen LogP contribution in [-0.2, 0) is 11.2 Å². The number of rotatable bonds is 4. The molecule has 0 spiro atoms. The molecule has 0 aliphatic rings. The van der Waals surface area contributed by atoms with E-state index in [4.69, 9.17) is 4.42 Å². The Hall–Kier alpha value is -2.40. The maximum absolute atomic E-state index is 12.0. The van der Waals surface area contributed by atoms with Crippen molar-refractivity contribution in [1.29, 1.82) is 0 Å². The van der Waals surface area contributed by atoms with E-state index in [9.17, 15) is 4.79 Å². The maximum Gasteiger partial charge on any atom is 0.244 e. The van der Waals surface area contributed by atoms with E-state index in [-0.39, 0.29) is 12.3 Å². The second-order valence-electron chi connectivity index (χ2n) is 4.75. The lowest BCUT2D eigenvalue weighted by molar-refractivity contribution is -0.120. The third-order valence-corrected chi connectivity index (χ3v) is 3.63. The fraction of sp³-hybridized carbons (Fsp3) is 0.0588. The highest BCUT2D eigenvalue weighted by Crippen LogP contribution is 2.18. The number of furan rings is 1. The molecule has 0 unspecified atom stereocenters. The van der Waals surface area contributed by atoms with E-state index in [0.717, 1.165) is 16.3 Å². The molecule has 110 valence electrons. The van der Waals surface area contributed by atoms with Crippen molar-refractivity contribution in [2.24, 2.45) is 5.10 Å². The molecule has 1 aromatic heterocycles. The average Bonchev–Trinajstić information content (AvgIpc) is 2.93. The Balaban J connectivity index is 1.67. The monoisotopic (exact) mass is 356 g/mol. The molecule has 0 fully saturated rings. The molecule has 0 saturated carbocycles. The summed E-state index contributed by atoms with van der Waals surface area (Å²) in [6.07, 6.45) is 1.74. The minimum Gasteiger partial charge on any atom is -0.448 e. The van der Waals surface area contributed by atoms with Gasteiger partial charge in [0.2, 0.25) is 5.91 Å². The molecule has 22 heavy (non-hydrogen) atoms. The number of nitrogens with zero attached hydrogens (tertiary/aromatic N) is 1. The second-order valence-corrected chi connectivity index (χ2v) is 5.53. The Morgan fingerprint density at radius 2 is 1.95 bits per heavy atom. The second kappa shape index (κ2) is 6.58. The van der Waals surface area contributed by atoms with Gasteiger partial charge in [-0.05, 0) is 44.4 Å². The molecule has 2 aromatic carbocycles. The summed E-state index contributed by atoms with van der Waals surface area (Å²) < 4.78 is 5.88. The van der Waals surface area contributed by atoms with Crippen molar-refractivity contribution in [2.45, 2.75) is 6.42 Å². The van der Waals surface area contributed by atoms with Crippen LogP contribution in [0.25, 0.3) is 10.8 Å². The number of amides is 1. The Bertz CT molecular complexity index is 834. The molecule has 0 aliphatic carbocycles. The molecule has 0 aliphatic heterocycles. The van der Waals surface area contributed by atoms with Crippen LogP contribution in [0, 0.1) is 0 Å². The lowest BCUT2D eigenvalue weighted by Crippen LogP contribution is -2.19. The number of carbonyl (C=O) groups excluding carboxylic acids is 1. The van der Waals surface area contributed by atoms with Gasteiger partial charge in [0.1, 0.15) is 5.76 Å². The number of halogens is 1. The summed E-state index contributed by atoms with van der Waals surface area (Å²) in [6.45, 7) is 0. The lowest BCUT2D eigenvalue weighted by atomic mass is 10.0.